The molecule has 0 aliphatic rings. The van der Waals surface area contributed by atoms with Crippen molar-refractivity contribution in [3.63, 3.8) is 0 Å². The maximum absolute atomic E-state index is 14.3. The molecule has 1 atom stereocenters. The zero-order valence-corrected chi connectivity index (χ0v) is 14.3. The number of hydrogen-bond acceptors (Lipinski definition) is 0. The summed E-state index contributed by atoms with van der Waals surface area (Å²) in [5.41, 5.74) is 3.01. The summed E-state index contributed by atoms with van der Waals surface area (Å²) in [6, 6.07) is 21.3. The highest BCUT2D eigenvalue weighted by Gasteiger charge is 2.09. The van der Waals surface area contributed by atoms with Crippen molar-refractivity contribution in [3.05, 3.63) is 106 Å². The molecule has 0 aromatic heterocycles. The summed E-state index contributed by atoms with van der Waals surface area (Å²) in [5.74, 6) is -0.358. The van der Waals surface area contributed by atoms with E-state index in [0.717, 1.165) is 11.1 Å². The lowest BCUT2D eigenvalue weighted by molar-refractivity contribution is 0.342. The molecular formula is C22H17ClF2. The molecule has 3 aromatic rings. The van der Waals surface area contributed by atoms with E-state index >= 15 is 0 Å². The Labute approximate surface area is 151 Å². The second kappa shape index (κ2) is 8.09. The molecule has 3 aromatic carbocycles. The Morgan fingerprint density at radius 2 is 1.60 bits per heavy atom. The largest absolute Gasteiger partial charge is 0.242 e. The van der Waals surface area contributed by atoms with Crippen molar-refractivity contribution in [1.82, 2.24) is 0 Å². The van der Waals surface area contributed by atoms with E-state index < -0.39 is 6.17 Å². The first-order chi connectivity index (χ1) is 12.1. The Balaban J connectivity index is 1.67. The van der Waals surface area contributed by atoms with Gasteiger partial charge in [-0.05, 0) is 28.8 Å². The molecule has 0 amide bonds. The van der Waals surface area contributed by atoms with Crippen LogP contribution in [0, 0.1) is 5.82 Å². The lowest BCUT2D eigenvalue weighted by Crippen LogP contribution is -1.96. The van der Waals surface area contributed by atoms with Crippen molar-refractivity contribution in [1.29, 1.82) is 0 Å². The smallest absolute Gasteiger partial charge is 0.131 e. The molecule has 0 nitrogen and oxygen atoms in total. The number of alkyl halides is 1. The molecule has 0 heterocycles. The summed E-state index contributed by atoms with van der Waals surface area (Å²) < 4.78 is 28.0. The van der Waals surface area contributed by atoms with Gasteiger partial charge in [0.05, 0.1) is 0 Å². The summed E-state index contributed by atoms with van der Waals surface area (Å²) >= 11 is 5.74. The highest BCUT2D eigenvalue weighted by Crippen LogP contribution is 2.23. The Hall–Kier alpha value is -2.45. The fourth-order valence-electron chi connectivity index (χ4n) is 2.57. The van der Waals surface area contributed by atoms with Crippen LogP contribution in [0.25, 0.3) is 12.2 Å². The zero-order valence-electron chi connectivity index (χ0n) is 13.5. The van der Waals surface area contributed by atoms with Gasteiger partial charge in [-0.1, -0.05) is 84.4 Å². The topological polar surface area (TPSA) is 0 Å². The zero-order chi connectivity index (χ0) is 17.6. The fourth-order valence-corrected chi connectivity index (χ4v) is 2.73. The Bertz CT molecular complexity index is 855. The van der Waals surface area contributed by atoms with Crippen LogP contribution in [0.15, 0.2) is 72.8 Å². The van der Waals surface area contributed by atoms with E-state index in [2.05, 4.69) is 0 Å². The molecule has 0 aliphatic heterocycles. The van der Waals surface area contributed by atoms with Crippen LogP contribution in [0.2, 0.25) is 5.02 Å². The molecule has 3 heteroatoms. The lowest BCUT2D eigenvalue weighted by atomic mass is 10.0. The van der Waals surface area contributed by atoms with Crippen LogP contribution < -0.4 is 0 Å². The quantitative estimate of drug-likeness (QED) is 0.437. The number of hydrogen-bond donors (Lipinski definition) is 0. The summed E-state index contributed by atoms with van der Waals surface area (Å²) in [7, 11) is 0. The first-order valence-electron chi connectivity index (χ1n) is 8.03. The van der Waals surface area contributed by atoms with Crippen molar-refractivity contribution in [2.45, 2.75) is 12.6 Å². The highest BCUT2D eigenvalue weighted by molar-refractivity contribution is 6.30. The van der Waals surface area contributed by atoms with Gasteiger partial charge in [-0.3, -0.25) is 0 Å². The molecule has 25 heavy (non-hydrogen) atoms. The van der Waals surface area contributed by atoms with E-state index in [1.807, 2.05) is 48.5 Å². The van der Waals surface area contributed by atoms with Crippen LogP contribution in [0.4, 0.5) is 8.78 Å². The van der Waals surface area contributed by atoms with Crippen LogP contribution >= 0.6 is 11.6 Å². The molecule has 0 aliphatic carbocycles. The third-order valence-corrected chi connectivity index (χ3v) is 4.21. The molecule has 0 fully saturated rings. The van der Waals surface area contributed by atoms with Crippen LogP contribution in [0.3, 0.4) is 0 Å². The number of benzene rings is 3. The first kappa shape index (κ1) is 17.4. The molecule has 126 valence electrons. The molecule has 0 saturated carbocycles. The van der Waals surface area contributed by atoms with Gasteiger partial charge in [0, 0.05) is 17.0 Å². The first-order valence-corrected chi connectivity index (χ1v) is 8.41. The minimum Gasteiger partial charge on any atom is -0.242 e. The van der Waals surface area contributed by atoms with Gasteiger partial charge in [0.25, 0.3) is 0 Å². The standard InChI is InChI=1S/C22H17ClF2/c23-20-13-12-19(22(25)15-20)11-10-16-6-8-17(9-7-16)14-21(24)18-4-2-1-3-5-18/h1-13,15,21H,14H2/t21-/m0/s1. The van der Waals surface area contributed by atoms with Gasteiger partial charge in [0.1, 0.15) is 12.0 Å². The van der Waals surface area contributed by atoms with Gasteiger partial charge in [-0.15, -0.1) is 0 Å². The maximum atomic E-state index is 14.3. The predicted octanol–water partition coefficient (Wildman–Crippen LogP) is 6.90. The normalized spacial score (nSPS) is 12.4. The van der Waals surface area contributed by atoms with Gasteiger partial charge in [0.15, 0.2) is 0 Å². The molecule has 0 spiro atoms. The van der Waals surface area contributed by atoms with Crippen molar-refractivity contribution in [2.24, 2.45) is 0 Å². The van der Waals surface area contributed by atoms with Crippen molar-refractivity contribution >= 4 is 23.8 Å². The fraction of sp³-hybridized carbons (Fsp3) is 0.0909. The van der Waals surface area contributed by atoms with Crippen molar-refractivity contribution < 1.29 is 8.78 Å². The maximum Gasteiger partial charge on any atom is 0.131 e. The van der Waals surface area contributed by atoms with Crippen LogP contribution in [0.5, 0.6) is 0 Å². The highest BCUT2D eigenvalue weighted by atomic mass is 35.5. The molecule has 0 saturated heterocycles. The molecule has 0 unspecified atom stereocenters. The molecule has 0 N–H and O–H groups in total. The van der Waals surface area contributed by atoms with Crippen LogP contribution in [-0.2, 0) is 6.42 Å². The number of halogens is 3. The summed E-state index contributed by atoms with van der Waals surface area (Å²) in [6.45, 7) is 0. The molecule has 3 rings (SSSR count). The summed E-state index contributed by atoms with van der Waals surface area (Å²) in [5, 5.41) is 0.373. The van der Waals surface area contributed by atoms with E-state index in [-0.39, 0.29) is 5.82 Å². The second-order valence-corrected chi connectivity index (χ2v) is 6.26. The van der Waals surface area contributed by atoms with Crippen molar-refractivity contribution in [2.75, 3.05) is 0 Å². The summed E-state index contributed by atoms with van der Waals surface area (Å²) in [6.07, 6.45) is 2.83. The van der Waals surface area contributed by atoms with Gasteiger partial charge in [-0.25, -0.2) is 8.78 Å². The van der Waals surface area contributed by atoms with E-state index in [1.165, 1.54) is 6.07 Å². The number of rotatable bonds is 5. The molecule has 0 radical (unpaired) electrons. The van der Waals surface area contributed by atoms with Gasteiger partial charge in [0.2, 0.25) is 0 Å². The lowest BCUT2D eigenvalue weighted by Gasteiger charge is -2.08. The Morgan fingerprint density at radius 1 is 0.880 bits per heavy atom. The monoisotopic (exact) mass is 354 g/mol. The van der Waals surface area contributed by atoms with Gasteiger partial charge < -0.3 is 0 Å². The van der Waals surface area contributed by atoms with E-state index in [0.29, 0.717) is 22.6 Å². The van der Waals surface area contributed by atoms with E-state index in [1.54, 1.807) is 30.3 Å². The minimum absolute atomic E-state index is 0.333. The molecule has 0 bridgehead atoms. The van der Waals surface area contributed by atoms with Crippen molar-refractivity contribution in [3.8, 4) is 0 Å². The second-order valence-electron chi connectivity index (χ2n) is 5.82. The van der Waals surface area contributed by atoms with Crippen LogP contribution in [-0.4, -0.2) is 0 Å². The van der Waals surface area contributed by atoms with Gasteiger partial charge >= 0.3 is 0 Å². The average molecular weight is 355 g/mol. The van der Waals surface area contributed by atoms with Crippen LogP contribution in [0.1, 0.15) is 28.4 Å². The third kappa shape index (κ3) is 4.77. The average Bonchev–Trinajstić information content (AvgIpc) is 2.63. The molecular weight excluding hydrogens is 338 g/mol. The predicted molar refractivity (Wildman–Crippen MR) is 101 cm³/mol. The van der Waals surface area contributed by atoms with Gasteiger partial charge in [-0.2, -0.15) is 0 Å². The third-order valence-electron chi connectivity index (χ3n) is 3.97. The van der Waals surface area contributed by atoms with E-state index in [4.69, 9.17) is 11.6 Å². The summed E-state index contributed by atoms with van der Waals surface area (Å²) in [4.78, 5) is 0. The Kier molecular flexibility index (Phi) is 5.62. The SMILES string of the molecule is Fc1cc(Cl)ccc1C=Cc1ccc(C[C@H](F)c2ccccc2)cc1. The minimum atomic E-state index is -1.02. The van der Waals surface area contributed by atoms with E-state index in [9.17, 15) is 8.78 Å². The Morgan fingerprint density at radius 3 is 2.28 bits per heavy atom.